The van der Waals surface area contributed by atoms with Crippen LogP contribution in [0, 0.1) is 11.7 Å². The summed E-state index contributed by atoms with van der Waals surface area (Å²) in [7, 11) is 0. The molecule has 0 radical (unpaired) electrons. The zero-order chi connectivity index (χ0) is 17.2. The Labute approximate surface area is 150 Å². The molecule has 2 aromatic rings. The molecule has 2 aliphatic rings. The van der Waals surface area contributed by atoms with Crippen LogP contribution in [0.4, 0.5) is 4.39 Å². The molecule has 0 unspecified atom stereocenters. The van der Waals surface area contributed by atoms with Crippen LogP contribution in [-0.2, 0) is 17.9 Å². The lowest BCUT2D eigenvalue weighted by Gasteiger charge is -2.33. The minimum absolute atomic E-state index is 0.211. The van der Waals surface area contributed by atoms with Gasteiger partial charge in [0.2, 0.25) is 6.29 Å². The maximum atomic E-state index is 14.1. The largest absolute Gasteiger partial charge is 0.460 e. The van der Waals surface area contributed by atoms with Crippen molar-refractivity contribution >= 4 is 11.3 Å². The van der Waals surface area contributed by atoms with Crippen molar-refractivity contribution < 1.29 is 19.0 Å². The topological polar surface area (TPSA) is 41.9 Å². The maximum absolute atomic E-state index is 14.1. The summed E-state index contributed by atoms with van der Waals surface area (Å²) in [6, 6.07) is 5.05. The highest BCUT2D eigenvalue weighted by Crippen LogP contribution is 2.37. The van der Waals surface area contributed by atoms with Gasteiger partial charge < -0.3 is 14.6 Å². The molecule has 0 saturated carbocycles. The van der Waals surface area contributed by atoms with Gasteiger partial charge in [0, 0.05) is 41.8 Å². The lowest BCUT2D eigenvalue weighted by molar-refractivity contribution is -0.112. The van der Waals surface area contributed by atoms with Gasteiger partial charge in [-0.1, -0.05) is 0 Å². The van der Waals surface area contributed by atoms with Crippen LogP contribution in [0.5, 0.6) is 5.75 Å². The number of benzene rings is 1. The fourth-order valence-corrected chi connectivity index (χ4v) is 4.31. The molecule has 0 amide bonds. The van der Waals surface area contributed by atoms with Crippen LogP contribution < -0.4 is 4.74 Å². The van der Waals surface area contributed by atoms with Gasteiger partial charge in [-0.2, -0.15) is 11.3 Å². The van der Waals surface area contributed by atoms with Crippen molar-refractivity contribution in [1.82, 2.24) is 4.90 Å². The molecule has 1 fully saturated rings. The van der Waals surface area contributed by atoms with Gasteiger partial charge in [0.1, 0.15) is 11.6 Å². The van der Waals surface area contributed by atoms with Crippen LogP contribution in [0.2, 0.25) is 0 Å². The summed E-state index contributed by atoms with van der Waals surface area (Å²) in [5, 5.41) is 13.4. The number of piperidine rings is 1. The molecule has 0 aliphatic carbocycles. The van der Waals surface area contributed by atoms with Gasteiger partial charge in [-0.05, 0) is 48.9 Å². The minimum atomic E-state index is -0.436. The van der Waals surface area contributed by atoms with Gasteiger partial charge in [0.15, 0.2) is 0 Å². The quantitative estimate of drug-likeness (QED) is 0.899. The van der Waals surface area contributed by atoms with E-state index in [0.717, 1.165) is 48.4 Å². The van der Waals surface area contributed by atoms with Gasteiger partial charge in [-0.3, -0.25) is 4.90 Å². The van der Waals surface area contributed by atoms with E-state index >= 15 is 0 Å². The van der Waals surface area contributed by atoms with Gasteiger partial charge >= 0.3 is 0 Å². The Kier molecular flexibility index (Phi) is 5.03. The third-order valence-electron chi connectivity index (χ3n) is 4.89. The number of aliphatic hydroxyl groups excluding tert-OH is 1. The fraction of sp³-hybridized carbons (Fsp3) is 0.474. The normalized spacial score (nSPS) is 23.9. The van der Waals surface area contributed by atoms with E-state index in [0.29, 0.717) is 19.1 Å². The van der Waals surface area contributed by atoms with Crippen molar-refractivity contribution in [3.63, 3.8) is 0 Å². The first-order valence-electron chi connectivity index (χ1n) is 8.68. The molecule has 1 aromatic carbocycles. The van der Waals surface area contributed by atoms with Crippen molar-refractivity contribution in [3.05, 3.63) is 51.5 Å². The van der Waals surface area contributed by atoms with Crippen molar-refractivity contribution in [2.45, 2.75) is 32.3 Å². The second-order valence-corrected chi connectivity index (χ2v) is 7.58. The highest BCUT2D eigenvalue weighted by atomic mass is 32.1. The Bertz CT molecular complexity index is 722. The standard InChI is InChI=1S/C19H22FNO3S/c20-17-6-15(9-21-4-1-2-13(8-21)10-22)18-16(7-17)11-23-19(24-18)14-3-5-25-12-14/h3,5-7,12-13,19,22H,1-2,4,8-11H2/t13-,19-/m0/s1. The molecule has 2 atom stereocenters. The van der Waals surface area contributed by atoms with E-state index in [9.17, 15) is 9.50 Å². The molecule has 1 aromatic heterocycles. The van der Waals surface area contributed by atoms with E-state index in [-0.39, 0.29) is 12.4 Å². The SMILES string of the molecule is OC[C@H]1CCCN(Cc2cc(F)cc3c2O[C@@H](c2ccsc2)OC3)C1. The molecule has 2 aliphatic heterocycles. The van der Waals surface area contributed by atoms with E-state index < -0.39 is 6.29 Å². The number of hydrogen-bond acceptors (Lipinski definition) is 5. The molecule has 1 saturated heterocycles. The highest BCUT2D eigenvalue weighted by molar-refractivity contribution is 7.07. The number of ether oxygens (including phenoxy) is 2. The number of thiophene rings is 1. The van der Waals surface area contributed by atoms with Gasteiger partial charge in [0.05, 0.1) is 6.61 Å². The Morgan fingerprint density at radius 3 is 3.08 bits per heavy atom. The molecule has 25 heavy (non-hydrogen) atoms. The Balaban J connectivity index is 1.57. The second-order valence-electron chi connectivity index (χ2n) is 6.80. The van der Waals surface area contributed by atoms with Crippen molar-refractivity contribution in [3.8, 4) is 5.75 Å². The van der Waals surface area contributed by atoms with Crippen LogP contribution in [-0.4, -0.2) is 29.7 Å². The molecular weight excluding hydrogens is 341 g/mol. The van der Waals surface area contributed by atoms with Crippen molar-refractivity contribution in [2.75, 3.05) is 19.7 Å². The molecular formula is C19H22FNO3S. The zero-order valence-electron chi connectivity index (χ0n) is 14.0. The Morgan fingerprint density at radius 2 is 2.28 bits per heavy atom. The number of fused-ring (bicyclic) bond motifs is 1. The van der Waals surface area contributed by atoms with Crippen molar-refractivity contribution in [2.24, 2.45) is 5.92 Å². The molecule has 1 N–H and O–H groups in total. The summed E-state index contributed by atoms with van der Waals surface area (Å²) in [6.45, 7) is 2.99. The molecule has 6 heteroatoms. The number of rotatable bonds is 4. The zero-order valence-corrected chi connectivity index (χ0v) is 14.8. The summed E-state index contributed by atoms with van der Waals surface area (Å²) in [5.74, 6) is 0.793. The van der Waals surface area contributed by atoms with E-state index in [2.05, 4.69) is 4.90 Å². The molecule has 0 bridgehead atoms. The van der Waals surface area contributed by atoms with Crippen LogP contribution in [0.1, 0.15) is 35.8 Å². The lowest BCUT2D eigenvalue weighted by Crippen LogP contribution is -2.36. The van der Waals surface area contributed by atoms with Crippen LogP contribution >= 0.6 is 11.3 Å². The number of nitrogens with zero attached hydrogens (tertiary/aromatic N) is 1. The third kappa shape index (κ3) is 3.72. The first-order valence-corrected chi connectivity index (χ1v) is 9.62. The van der Waals surface area contributed by atoms with Crippen molar-refractivity contribution in [1.29, 1.82) is 0 Å². The van der Waals surface area contributed by atoms with E-state index in [4.69, 9.17) is 9.47 Å². The van der Waals surface area contributed by atoms with Crippen LogP contribution in [0.15, 0.2) is 29.0 Å². The predicted octanol–water partition coefficient (Wildman–Crippen LogP) is 3.70. The summed E-state index contributed by atoms with van der Waals surface area (Å²) in [4.78, 5) is 2.28. The molecule has 4 nitrogen and oxygen atoms in total. The average molecular weight is 363 g/mol. The summed E-state index contributed by atoms with van der Waals surface area (Å²) in [6.07, 6.45) is 1.68. The monoisotopic (exact) mass is 363 g/mol. The number of hydrogen-bond donors (Lipinski definition) is 1. The van der Waals surface area contributed by atoms with E-state index in [1.807, 2.05) is 16.8 Å². The number of likely N-dealkylation sites (tertiary alicyclic amines) is 1. The minimum Gasteiger partial charge on any atom is -0.460 e. The predicted molar refractivity (Wildman–Crippen MR) is 94.0 cm³/mol. The first kappa shape index (κ1) is 17.0. The molecule has 134 valence electrons. The summed E-state index contributed by atoms with van der Waals surface area (Å²) in [5.41, 5.74) is 2.61. The third-order valence-corrected chi connectivity index (χ3v) is 5.59. The van der Waals surface area contributed by atoms with E-state index in [1.165, 1.54) is 6.07 Å². The van der Waals surface area contributed by atoms with Gasteiger partial charge in [-0.15, -0.1) is 0 Å². The Morgan fingerprint density at radius 1 is 1.36 bits per heavy atom. The molecule has 0 spiro atoms. The lowest BCUT2D eigenvalue weighted by atomic mass is 9.98. The van der Waals surface area contributed by atoms with Gasteiger partial charge in [-0.25, -0.2) is 4.39 Å². The molecule has 3 heterocycles. The Hall–Kier alpha value is -1.47. The number of aliphatic hydroxyl groups is 1. The maximum Gasteiger partial charge on any atom is 0.227 e. The summed E-state index contributed by atoms with van der Waals surface area (Å²) >= 11 is 1.60. The highest BCUT2D eigenvalue weighted by Gasteiger charge is 2.27. The smallest absolute Gasteiger partial charge is 0.227 e. The molecule has 4 rings (SSSR count). The van der Waals surface area contributed by atoms with E-state index in [1.54, 1.807) is 17.4 Å². The first-order chi connectivity index (χ1) is 12.2. The average Bonchev–Trinajstić information content (AvgIpc) is 3.16. The van der Waals surface area contributed by atoms with Crippen LogP contribution in [0.3, 0.4) is 0 Å². The fourth-order valence-electron chi connectivity index (χ4n) is 3.65. The van der Waals surface area contributed by atoms with Gasteiger partial charge in [0.25, 0.3) is 0 Å². The van der Waals surface area contributed by atoms with Crippen LogP contribution in [0.25, 0.3) is 0 Å². The second kappa shape index (κ2) is 7.41. The number of halogens is 1. The summed E-state index contributed by atoms with van der Waals surface area (Å²) < 4.78 is 25.9.